The van der Waals surface area contributed by atoms with Crippen molar-refractivity contribution in [2.45, 2.75) is 45.4 Å². The molecule has 0 aliphatic heterocycles. The van der Waals surface area contributed by atoms with Crippen molar-refractivity contribution in [2.75, 3.05) is 6.61 Å². The molecule has 5 atom stereocenters. The van der Waals surface area contributed by atoms with Crippen LogP contribution in [0.4, 0.5) is 0 Å². The van der Waals surface area contributed by atoms with Crippen molar-refractivity contribution in [3.63, 3.8) is 0 Å². The molecule has 5 N–H and O–H groups in total. The Balaban J connectivity index is 1.69. The lowest BCUT2D eigenvalue weighted by atomic mass is 9.97. The van der Waals surface area contributed by atoms with Gasteiger partial charge >= 0.3 is 0 Å². The van der Waals surface area contributed by atoms with E-state index in [4.69, 9.17) is 14.3 Å². The van der Waals surface area contributed by atoms with E-state index in [9.17, 15) is 20.4 Å². The van der Waals surface area contributed by atoms with Crippen molar-refractivity contribution in [1.29, 1.82) is 0 Å². The molecule has 3 aromatic rings. The normalized spacial score (nSPS) is 16.2. The summed E-state index contributed by atoms with van der Waals surface area (Å²) in [6.07, 6.45) is -6.64. The number of nitrogens with zero attached hydrogens (tertiary/aromatic N) is 2. The number of aliphatic hydroxyl groups excluding tert-OH is 5. The van der Waals surface area contributed by atoms with Gasteiger partial charge in [0.2, 0.25) is 18.1 Å². The van der Waals surface area contributed by atoms with Gasteiger partial charge in [-0.3, -0.25) is 0 Å². The number of aryl methyl sites for hydroxylation is 2. The molecule has 32 heavy (non-hydrogen) atoms. The highest BCUT2D eigenvalue weighted by atomic mass is 16.6. The second-order valence-electron chi connectivity index (χ2n) is 7.82. The van der Waals surface area contributed by atoms with Gasteiger partial charge in [0.15, 0.2) is 0 Å². The summed E-state index contributed by atoms with van der Waals surface area (Å²) in [5.41, 5.74) is 3.35. The molecule has 0 saturated carbocycles. The van der Waals surface area contributed by atoms with Crippen LogP contribution in [-0.2, 0) is 0 Å². The van der Waals surface area contributed by atoms with Crippen LogP contribution in [-0.4, -0.2) is 66.9 Å². The van der Waals surface area contributed by atoms with Crippen LogP contribution in [0.25, 0.3) is 22.6 Å². The van der Waals surface area contributed by atoms with Gasteiger partial charge in [-0.15, -0.1) is 10.2 Å². The Morgan fingerprint density at radius 2 is 1.47 bits per heavy atom. The van der Waals surface area contributed by atoms with Crippen LogP contribution >= 0.6 is 0 Å². The van der Waals surface area contributed by atoms with Crippen LogP contribution in [0.3, 0.4) is 0 Å². The third-order valence-corrected chi connectivity index (χ3v) is 5.28. The van der Waals surface area contributed by atoms with Gasteiger partial charge in [0.1, 0.15) is 18.0 Å². The zero-order valence-corrected chi connectivity index (χ0v) is 18.1. The van der Waals surface area contributed by atoms with Crippen LogP contribution < -0.4 is 4.74 Å². The molecule has 0 bridgehead atoms. The first-order valence-corrected chi connectivity index (χ1v) is 10.2. The summed E-state index contributed by atoms with van der Waals surface area (Å²) < 4.78 is 10.8. The van der Waals surface area contributed by atoms with Gasteiger partial charge in [0.25, 0.3) is 0 Å². The molecular formula is C23H28N2O7. The van der Waals surface area contributed by atoms with Gasteiger partial charge in [-0.05, 0) is 47.9 Å². The number of ether oxygens (including phenoxy) is 1. The second-order valence-corrected chi connectivity index (χ2v) is 7.82. The van der Waals surface area contributed by atoms with Crippen molar-refractivity contribution in [3.8, 4) is 28.3 Å². The number of aromatic nitrogens is 2. The van der Waals surface area contributed by atoms with Crippen molar-refractivity contribution < 1.29 is 34.7 Å². The highest BCUT2D eigenvalue weighted by Gasteiger charge is 2.34. The summed E-state index contributed by atoms with van der Waals surface area (Å²) in [5.74, 6) is 0.577. The minimum atomic E-state index is -1.77. The molecule has 0 aliphatic carbocycles. The van der Waals surface area contributed by atoms with Crippen molar-refractivity contribution >= 4 is 0 Å². The number of rotatable bonds is 9. The maximum absolute atomic E-state index is 10.2. The Labute approximate surface area is 185 Å². The van der Waals surface area contributed by atoms with Crippen molar-refractivity contribution in [2.24, 2.45) is 5.92 Å². The molecule has 0 aliphatic rings. The molecular weight excluding hydrogens is 416 g/mol. The molecule has 2 aromatic carbocycles. The molecule has 0 fully saturated rings. The Morgan fingerprint density at radius 3 is 2.03 bits per heavy atom. The maximum Gasteiger partial charge on any atom is 0.247 e. The molecule has 3 rings (SSSR count). The maximum atomic E-state index is 10.2. The van der Waals surface area contributed by atoms with Crippen LogP contribution in [0.1, 0.15) is 18.4 Å². The zero-order chi connectivity index (χ0) is 23.4. The summed E-state index contributed by atoms with van der Waals surface area (Å²) in [4.78, 5) is 0. The van der Waals surface area contributed by atoms with Gasteiger partial charge in [0.05, 0.1) is 6.10 Å². The highest BCUT2D eigenvalue weighted by molar-refractivity contribution is 5.68. The van der Waals surface area contributed by atoms with Crippen LogP contribution in [0.2, 0.25) is 0 Å². The summed E-state index contributed by atoms with van der Waals surface area (Å²) in [5, 5.41) is 57.2. The van der Waals surface area contributed by atoms with E-state index in [-0.39, 0.29) is 6.61 Å². The topological polar surface area (TPSA) is 149 Å². The van der Waals surface area contributed by atoms with E-state index in [2.05, 4.69) is 10.2 Å². The fourth-order valence-corrected chi connectivity index (χ4v) is 3.19. The lowest BCUT2D eigenvalue weighted by Crippen LogP contribution is -2.49. The Morgan fingerprint density at radius 1 is 0.844 bits per heavy atom. The van der Waals surface area contributed by atoms with Crippen molar-refractivity contribution in [1.82, 2.24) is 10.2 Å². The van der Waals surface area contributed by atoms with E-state index in [1.54, 1.807) is 26.0 Å². The van der Waals surface area contributed by atoms with E-state index in [1.807, 2.05) is 30.3 Å². The van der Waals surface area contributed by atoms with Gasteiger partial charge in [-0.25, -0.2) is 0 Å². The molecule has 5 unspecified atom stereocenters. The molecule has 0 spiro atoms. The first-order chi connectivity index (χ1) is 15.2. The third-order valence-electron chi connectivity index (χ3n) is 5.28. The molecule has 0 saturated heterocycles. The molecule has 1 heterocycles. The number of aliphatic hydroxyl groups is 5. The van der Waals surface area contributed by atoms with E-state index >= 15 is 0 Å². The summed E-state index contributed by atoms with van der Waals surface area (Å²) in [6.45, 7) is 4.64. The second kappa shape index (κ2) is 10.2. The lowest BCUT2D eigenvalue weighted by Gasteiger charge is -2.29. The predicted octanol–water partition coefficient (Wildman–Crippen LogP) is 1.43. The van der Waals surface area contributed by atoms with Gasteiger partial charge in [-0.1, -0.05) is 25.1 Å². The molecule has 1 aromatic heterocycles. The lowest BCUT2D eigenvalue weighted by molar-refractivity contribution is -0.172. The van der Waals surface area contributed by atoms with E-state index in [0.29, 0.717) is 23.1 Å². The largest absolute Gasteiger partial charge is 0.462 e. The molecule has 0 radical (unpaired) electrons. The summed E-state index contributed by atoms with van der Waals surface area (Å²) >= 11 is 0. The minimum absolute atomic E-state index is 0.315. The SMILES string of the molecule is Cc1nnc(-c2ccc(-c3ccc(OC(O)C(O)C(O)C(O)C(C)CO)c(C)c3)cc2)o1. The minimum Gasteiger partial charge on any atom is -0.462 e. The van der Waals surface area contributed by atoms with E-state index < -0.39 is 30.5 Å². The highest BCUT2D eigenvalue weighted by Crippen LogP contribution is 2.29. The first kappa shape index (κ1) is 23.8. The van der Waals surface area contributed by atoms with Crippen molar-refractivity contribution in [3.05, 3.63) is 53.9 Å². The molecule has 0 amide bonds. The Hall–Kier alpha value is -2.82. The van der Waals surface area contributed by atoms with Crippen LogP contribution in [0.15, 0.2) is 46.9 Å². The Bertz CT molecular complexity index is 1020. The summed E-state index contributed by atoms with van der Waals surface area (Å²) in [7, 11) is 0. The molecule has 9 nitrogen and oxygen atoms in total. The molecule has 172 valence electrons. The number of hydrogen-bond donors (Lipinski definition) is 5. The average Bonchev–Trinajstić information content (AvgIpc) is 3.24. The monoisotopic (exact) mass is 444 g/mol. The van der Waals surface area contributed by atoms with E-state index in [0.717, 1.165) is 16.7 Å². The fraction of sp³-hybridized carbons (Fsp3) is 0.391. The van der Waals surface area contributed by atoms with Crippen LogP contribution in [0.5, 0.6) is 5.75 Å². The zero-order valence-electron chi connectivity index (χ0n) is 18.1. The van der Waals surface area contributed by atoms with Gasteiger partial charge in [0, 0.05) is 25.0 Å². The quantitative estimate of drug-likeness (QED) is 0.309. The summed E-state index contributed by atoms with van der Waals surface area (Å²) in [6, 6.07) is 12.9. The van der Waals surface area contributed by atoms with Crippen LogP contribution in [0, 0.1) is 19.8 Å². The fourth-order valence-electron chi connectivity index (χ4n) is 3.19. The molecule has 9 heteroatoms. The van der Waals surface area contributed by atoms with Gasteiger partial charge in [-0.2, -0.15) is 0 Å². The third kappa shape index (κ3) is 5.32. The van der Waals surface area contributed by atoms with E-state index in [1.165, 1.54) is 6.92 Å². The van der Waals surface area contributed by atoms with Gasteiger partial charge < -0.3 is 34.7 Å². The number of benzene rings is 2. The Kier molecular flexibility index (Phi) is 7.60. The standard InChI is InChI=1S/C23H28N2O7/c1-12-10-17(15-4-6-16(7-5-15)22-25-24-14(3)31-22)8-9-18(12)32-23(30)21(29)20(28)19(27)13(2)11-26/h4-10,13,19-21,23,26-30H,11H2,1-3H3. The number of hydrogen-bond acceptors (Lipinski definition) is 9. The first-order valence-electron chi connectivity index (χ1n) is 10.2. The smallest absolute Gasteiger partial charge is 0.247 e. The average molecular weight is 444 g/mol. The predicted molar refractivity (Wildman–Crippen MR) is 116 cm³/mol.